The number of nitrogens with one attached hydrogen (secondary N) is 3. The molecule has 1 aromatic heterocycles. The number of hydrogen-bond acceptors (Lipinski definition) is 2. The van der Waals surface area contributed by atoms with Crippen LogP contribution in [-0.2, 0) is 13.1 Å². The standard InChI is InChI=1S/C21H31N5O.HI/c1-3-5-12-23-20(27)19-10-8-18(9-11-19)17-25-21(22-4-2)24-13-16-26-14-6-7-15-26;/h6-11,14-15H,3-5,12-13,16-17H2,1-2H3,(H,23,27)(H2,22,24,25);1H. The van der Waals surface area contributed by atoms with Gasteiger partial charge in [-0.2, -0.15) is 0 Å². The molecule has 0 fully saturated rings. The molecule has 0 aliphatic heterocycles. The SMILES string of the molecule is CCCCNC(=O)c1ccc(CN=C(NCC)NCCn2cccc2)cc1.I. The van der Waals surface area contributed by atoms with Gasteiger partial charge < -0.3 is 20.5 Å². The average Bonchev–Trinajstić information content (AvgIpc) is 3.20. The molecule has 1 aromatic carbocycles. The minimum atomic E-state index is -0.0153. The highest BCUT2D eigenvalue weighted by Gasteiger charge is 2.04. The molecule has 0 unspecified atom stereocenters. The van der Waals surface area contributed by atoms with E-state index in [2.05, 4.69) is 39.4 Å². The second-order valence-corrected chi connectivity index (χ2v) is 6.35. The number of hydrogen-bond donors (Lipinski definition) is 3. The summed E-state index contributed by atoms with van der Waals surface area (Å²) in [6, 6.07) is 11.7. The van der Waals surface area contributed by atoms with Crippen molar-refractivity contribution in [1.82, 2.24) is 20.5 Å². The Bertz CT molecular complexity index is 698. The smallest absolute Gasteiger partial charge is 0.251 e. The number of carbonyl (C=O) groups is 1. The molecule has 0 atom stereocenters. The van der Waals surface area contributed by atoms with Gasteiger partial charge in [0.15, 0.2) is 5.96 Å². The van der Waals surface area contributed by atoms with E-state index in [0.29, 0.717) is 12.1 Å². The van der Waals surface area contributed by atoms with Crippen LogP contribution in [-0.4, -0.2) is 36.1 Å². The normalized spacial score (nSPS) is 10.9. The summed E-state index contributed by atoms with van der Waals surface area (Å²) in [5, 5.41) is 9.53. The second kappa shape index (κ2) is 14.0. The molecule has 2 aromatic rings. The first-order valence-electron chi connectivity index (χ1n) is 9.73. The number of rotatable bonds is 10. The highest BCUT2D eigenvalue weighted by molar-refractivity contribution is 14.0. The Balaban J connectivity index is 0.00000392. The molecule has 3 N–H and O–H groups in total. The molecule has 0 bridgehead atoms. The summed E-state index contributed by atoms with van der Waals surface area (Å²) < 4.78 is 2.13. The van der Waals surface area contributed by atoms with E-state index >= 15 is 0 Å². The summed E-state index contributed by atoms with van der Waals surface area (Å²) in [7, 11) is 0. The van der Waals surface area contributed by atoms with Crippen molar-refractivity contribution in [3.63, 3.8) is 0 Å². The number of amides is 1. The van der Waals surface area contributed by atoms with Crippen molar-refractivity contribution >= 4 is 35.8 Å². The molecule has 0 radical (unpaired) electrons. The van der Waals surface area contributed by atoms with Gasteiger partial charge in [-0.1, -0.05) is 25.5 Å². The molecular weight excluding hydrogens is 465 g/mol. The number of halogens is 1. The second-order valence-electron chi connectivity index (χ2n) is 6.35. The molecule has 1 heterocycles. The molecule has 0 aliphatic rings. The summed E-state index contributed by atoms with van der Waals surface area (Å²) in [5.74, 6) is 0.782. The molecule has 6 nitrogen and oxygen atoms in total. The summed E-state index contributed by atoms with van der Waals surface area (Å²) in [6.45, 7) is 7.95. The molecule has 0 aliphatic carbocycles. The van der Waals surface area contributed by atoms with Gasteiger partial charge in [0.1, 0.15) is 0 Å². The van der Waals surface area contributed by atoms with Crippen LogP contribution in [0.15, 0.2) is 53.8 Å². The van der Waals surface area contributed by atoms with Crippen LogP contribution in [0.1, 0.15) is 42.6 Å². The lowest BCUT2D eigenvalue weighted by molar-refractivity contribution is 0.0953. The number of carbonyl (C=O) groups excluding carboxylic acids is 1. The summed E-state index contributed by atoms with van der Waals surface area (Å²) in [6.07, 6.45) is 6.17. The largest absolute Gasteiger partial charge is 0.357 e. The molecule has 1 amide bonds. The van der Waals surface area contributed by atoms with Crippen molar-refractivity contribution in [2.75, 3.05) is 19.6 Å². The summed E-state index contributed by atoms with van der Waals surface area (Å²) >= 11 is 0. The van der Waals surface area contributed by atoms with Gasteiger partial charge in [0.2, 0.25) is 0 Å². The number of aromatic nitrogens is 1. The fourth-order valence-electron chi connectivity index (χ4n) is 2.58. The van der Waals surface area contributed by atoms with E-state index < -0.39 is 0 Å². The lowest BCUT2D eigenvalue weighted by Gasteiger charge is -2.12. The van der Waals surface area contributed by atoms with Crippen molar-refractivity contribution in [3.8, 4) is 0 Å². The molecule has 28 heavy (non-hydrogen) atoms. The number of aliphatic imine (C=N–C) groups is 1. The van der Waals surface area contributed by atoms with Gasteiger partial charge in [-0.3, -0.25) is 4.79 Å². The van der Waals surface area contributed by atoms with Gasteiger partial charge in [0.25, 0.3) is 5.91 Å². The number of benzene rings is 1. The Kier molecular flexibility index (Phi) is 12.0. The van der Waals surface area contributed by atoms with Gasteiger partial charge in [0, 0.05) is 44.1 Å². The van der Waals surface area contributed by atoms with Crippen LogP contribution in [0.2, 0.25) is 0 Å². The maximum absolute atomic E-state index is 12.0. The highest BCUT2D eigenvalue weighted by Crippen LogP contribution is 2.06. The van der Waals surface area contributed by atoms with Crippen LogP contribution in [0, 0.1) is 0 Å². The third-order valence-electron chi connectivity index (χ3n) is 4.12. The van der Waals surface area contributed by atoms with Gasteiger partial charge in [-0.15, -0.1) is 24.0 Å². The van der Waals surface area contributed by atoms with E-state index in [9.17, 15) is 4.79 Å². The van der Waals surface area contributed by atoms with Crippen LogP contribution in [0.4, 0.5) is 0 Å². The first-order chi connectivity index (χ1) is 13.2. The minimum absolute atomic E-state index is 0. The van der Waals surface area contributed by atoms with Crippen molar-refractivity contribution in [1.29, 1.82) is 0 Å². The zero-order valence-electron chi connectivity index (χ0n) is 16.8. The summed E-state index contributed by atoms with van der Waals surface area (Å²) in [5.41, 5.74) is 1.76. The van der Waals surface area contributed by atoms with Gasteiger partial charge >= 0.3 is 0 Å². The van der Waals surface area contributed by atoms with E-state index in [0.717, 1.165) is 50.5 Å². The fourth-order valence-corrected chi connectivity index (χ4v) is 2.58. The molecule has 0 saturated heterocycles. The lowest BCUT2D eigenvalue weighted by atomic mass is 10.1. The highest BCUT2D eigenvalue weighted by atomic mass is 127. The zero-order valence-corrected chi connectivity index (χ0v) is 19.1. The van der Waals surface area contributed by atoms with Crippen LogP contribution < -0.4 is 16.0 Å². The Morgan fingerprint density at radius 3 is 2.36 bits per heavy atom. The average molecular weight is 497 g/mol. The lowest BCUT2D eigenvalue weighted by Crippen LogP contribution is -2.38. The van der Waals surface area contributed by atoms with E-state index in [4.69, 9.17) is 0 Å². The molecule has 154 valence electrons. The molecule has 7 heteroatoms. The van der Waals surface area contributed by atoms with Crippen LogP contribution in [0.3, 0.4) is 0 Å². The maximum Gasteiger partial charge on any atom is 0.251 e. The Labute approximate surface area is 185 Å². The third kappa shape index (κ3) is 8.77. The third-order valence-corrected chi connectivity index (χ3v) is 4.12. The minimum Gasteiger partial charge on any atom is -0.357 e. The number of unbranched alkanes of at least 4 members (excludes halogenated alkanes) is 1. The van der Waals surface area contributed by atoms with Crippen LogP contribution in [0.25, 0.3) is 0 Å². The monoisotopic (exact) mass is 497 g/mol. The molecule has 0 saturated carbocycles. The Morgan fingerprint density at radius 2 is 1.71 bits per heavy atom. The molecular formula is C21H32IN5O. The van der Waals surface area contributed by atoms with E-state index in [1.54, 1.807) is 0 Å². The van der Waals surface area contributed by atoms with E-state index in [1.165, 1.54) is 0 Å². The van der Waals surface area contributed by atoms with Crippen molar-refractivity contribution in [2.24, 2.45) is 4.99 Å². The fraction of sp³-hybridized carbons (Fsp3) is 0.429. The van der Waals surface area contributed by atoms with Crippen LogP contribution in [0.5, 0.6) is 0 Å². The number of nitrogens with zero attached hydrogens (tertiary/aromatic N) is 2. The Hall–Kier alpha value is -2.03. The topological polar surface area (TPSA) is 70.4 Å². The Morgan fingerprint density at radius 1 is 1.00 bits per heavy atom. The van der Waals surface area contributed by atoms with Crippen molar-refractivity contribution in [2.45, 2.75) is 39.8 Å². The molecule has 0 spiro atoms. The van der Waals surface area contributed by atoms with Crippen molar-refractivity contribution < 1.29 is 4.79 Å². The van der Waals surface area contributed by atoms with Crippen molar-refractivity contribution in [3.05, 3.63) is 59.9 Å². The van der Waals surface area contributed by atoms with E-state index in [1.807, 2.05) is 48.8 Å². The van der Waals surface area contributed by atoms with E-state index in [-0.39, 0.29) is 29.9 Å². The zero-order chi connectivity index (χ0) is 19.3. The maximum atomic E-state index is 12.0. The van der Waals surface area contributed by atoms with Gasteiger partial charge in [0.05, 0.1) is 6.54 Å². The van der Waals surface area contributed by atoms with Gasteiger partial charge in [-0.25, -0.2) is 4.99 Å². The first kappa shape index (κ1) is 24.0. The predicted octanol–water partition coefficient (Wildman–Crippen LogP) is 3.39. The molecule has 2 rings (SSSR count). The predicted molar refractivity (Wildman–Crippen MR) is 126 cm³/mol. The quantitative estimate of drug-likeness (QED) is 0.204. The number of guanidine groups is 1. The summed E-state index contributed by atoms with van der Waals surface area (Å²) in [4.78, 5) is 16.7. The van der Waals surface area contributed by atoms with Crippen LogP contribution >= 0.6 is 24.0 Å². The first-order valence-corrected chi connectivity index (χ1v) is 9.73. The van der Waals surface area contributed by atoms with Gasteiger partial charge in [-0.05, 0) is 43.2 Å².